The molecular weight excluding hydrogens is 236 g/mol. The minimum atomic E-state index is 0.772. The number of ether oxygens (including phenoxy) is 1. The lowest BCUT2D eigenvalue weighted by Crippen LogP contribution is -2.14. The van der Waals surface area contributed by atoms with Crippen LogP contribution < -0.4 is 10.1 Å². The molecule has 0 bridgehead atoms. The molecule has 0 saturated heterocycles. The number of aromatic nitrogens is 1. The summed E-state index contributed by atoms with van der Waals surface area (Å²) in [6.07, 6.45) is 2.89. The highest BCUT2D eigenvalue weighted by Crippen LogP contribution is 2.24. The molecule has 2 rings (SSSR count). The van der Waals surface area contributed by atoms with Crippen molar-refractivity contribution in [1.29, 1.82) is 0 Å². The number of rotatable bonds is 6. The fourth-order valence-electron chi connectivity index (χ4n) is 1.79. The maximum absolute atomic E-state index is 5.89. The predicted octanol–water partition coefficient (Wildman–Crippen LogP) is 3.68. The molecule has 2 aromatic rings. The number of para-hydroxylation sites is 1. The third-order valence-electron chi connectivity index (χ3n) is 2.83. The van der Waals surface area contributed by atoms with Gasteiger partial charge in [-0.25, -0.2) is 0 Å². The van der Waals surface area contributed by atoms with Crippen molar-refractivity contribution in [2.24, 2.45) is 0 Å². The Morgan fingerprint density at radius 2 is 2.00 bits per heavy atom. The molecule has 1 aromatic carbocycles. The first kappa shape index (κ1) is 13.6. The van der Waals surface area contributed by atoms with E-state index in [1.54, 1.807) is 6.20 Å². The summed E-state index contributed by atoms with van der Waals surface area (Å²) in [6, 6.07) is 12.0. The van der Waals surface area contributed by atoms with Crippen LogP contribution in [0.1, 0.15) is 24.6 Å². The summed E-state index contributed by atoms with van der Waals surface area (Å²) in [5.74, 6) is 1.66. The molecule has 0 unspecified atom stereocenters. The first-order chi connectivity index (χ1) is 9.29. The van der Waals surface area contributed by atoms with E-state index in [2.05, 4.69) is 23.3 Å². The number of hydrogen-bond donors (Lipinski definition) is 1. The molecular formula is C16H20N2O. The largest absolute Gasteiger partial charge is 0.455 e. The van der Waals surface area contributed by atoms with Crippen LogP contribution >= 0.6 is 0 Å². The molecule has 0 radical (unpaired) electrons. The summed E-state index contributed by atoms with van der Waals surface area (Å²) in [6.45, 7) is 5.96. The molecule has 3 heteroatoms. The molecule has 0 atom stereocenters. The van der Waals surface area contributed by atoms with E-state index < -0.39 is 0 Å². The van der Waals surface area contributed by atoms with Crippen LogP contribution in [0.15, 0.2) is 42.6 Å². The molecule has 3 nitrogen and oxygen atoms in total. The van der Waals surface area contributed by atoms with Crippen molar-refractivity contribution in [1.82, 2.24) is 10.3 Å². The van der Waals surface area contributed by atoms with Gasteiger partial charge in [-0.2, -0.15) is 0 Å². The standard InChI is InChI=1S/C16H20N2O/c1-3-10-17-11-14-6-4-5-7-16(14)19-15-9-8-13(2)18-12-15/h4-9,12,17H,3,10-11H2,1-2H3. The third-order valence-corrected chi connectivity index (χ3v) is 2.83. The molecule has 1 aromatic heterocycles. The van der Waals surface area contributed by atoms with E-state index in [0.29, 0.717) is 0 Å². The van der Waals surface area contributed by atoms with Crippen LogP contribution in [0.4, 0.5) is 0 Å². The predicted molar refractivity (Wildman–Crippen MR) is 77.5 cm³/mol. The fourth-order valence-corrected chi connectivity index (χ4v) is 1.79. The summed E-state index contributed by atoms with van der Waals surface area (Å²) in [5, 5.41) is 3.39. The lowest BCUT2D eigenvalue weighted by molar-refractivity contribution is 0.470. The van der Waals surface area contributed by atoms with E-state index in [4.69, 9.17) is 4.74 Å². The lowest BCUT2D eigenvalue weighted by atomic mass is 10.2. The van der Waals surface area contributed by atoms with E-state index >= 15 is 0 Å². The van der Waals surface area contributed by atoms with Gasteiger partial charge in [-0.05, 0) is 38.1 Å². The third kappa shape index (κ3) is 4.07. The monoisotopic (exact) mass is 256 g/mol. The number of nitrogens with zero attached hydrogens (tertiary/aromatic N) is 1. The van der Waals surface area contributed by atoms with Crippen molar-refractivity contribution >= 4 is 0 Å². The summed E-state index contributed by atoms with van der Waals surface area (Å²) < 4.78 is 5.89. The summed E-state index contributed by atoms with van der Waals surface area (Å²) in [5.41, 5.74) is 2.15. The van der Waals surface area contributed by atoms with Gasteiger partial charge in [0.25, 0.3) is 0 Å². The van der Waals surface area contributed by atoms with Gasteiger partial charge in [0.1, 0.15) is 11.5 Å². The summed E-state index contributed by atoms with van der Waals surface area (Å²) >= 11 is 0. The number of hydrogen-bond acceptors (Lipinski definition) is 3. The van der Waals surface area contributed by atoms with E-state index in [9.17, 15) is 0 Å². The Kier molecular flexibility index (Phi) is 4.93. The van der Waals surface area contributed by atoms with Crippen LogP contribution in [0.5, 0.6) is 11.5 Å². The second-order valence-electron chi connectivity index (χ2n) is 4.52. The lowest BCUT2D eigenvalue weighted by Gasteiger charge is -2.11. The Bertz CT molecular complexity index is 508. The average Bonchev–Trinajstić information content (AvgIpc) is 2.43. The zero-order valence-corrected chi connectivity index (χ0v) is 11.5. The van der Waals surface area contributed by atoms with Crippen LogP contribution in [0.2, 0.25) is 0 Å². The van der Waals surface area contributed by atoms with E-state index in [1.165, 1.54) is 0 Å². The quantitative estimate of drug-likeness (QED) is 0.800. The molecule has 0 amide bonds. The first-order valence-electron chi connectivity index (χ1n) is 6.68. The van der Waals surface area contributed by atoms with Crippen molar-refractivity contribution in [2.45, 2.75) is 26.8 Å². The van der Waals surface area contributed by atoms with Crippen molar-refractivity contribution in [3.05, 3.63) is 53.9 Å². The van der Waals surface area contributed by atoms with E-state index in [1.807, 2.05) is 37.3 Å². The highest BCUT2D eigenvalue weighted by molar-refractivity contribution is 5.37. The SMILES string of the molecule is CCCNCc1ccccc1Oc1ccc(C)nc1. The van der Waals surface area contributed by atoms with Crippen molar-refractivity contribution in [3.8, 4) is 11.5 Å². The number of nitrogens with one attached hydrogen (secondary N) is 1. The molecule has 0 aliphatic carbocycles. The van der Waals surface area contributed by atoms with Gasteiger partial charge in [0.2, 0.25) is 0 Å². The number of pyridine rings is 1. The van der Waals surface area contributed by atoms with E-state index in [0.717, 1.165) is 42.3 Å². The Balaban J connectivity index is 2.08. The topological polar surface area (TPSA) is 34.1 Å². The minimum Gasteiger partial charge on any atom is -0.455 e. The van der Waals surface area contributed by atoms with Gasteiger partial charge in [0.15, 0.2) is 0 Å². The molecule has 0 saturated carbocycles. The van der Waals surface area contributed by atoms with Crippen molar-refractivity contribution in [3.63, 3.8) is 0 Å². The van der Waals surface area contributed by atoms with Gasteiger partial charge < -0.3 is 10.1 Å². The van der Waals surface area contributed by atoms with Gasteiger partial charge >= 0.3 is 0 Å². The van der Waals surface area contributed by atoms with Crippen molar-refractivity contribution in [2.75, 3.05) is 6.54 Å². The number of aryl methyl sites for hydroxylation is 1. The minimum absolute atomic E-state index is 0.772. The maximum Gasteiger partial charge on any atom is 0.145 e. The molecule has 100 valence electrons. The highest BCUT2D eigenvalue weighted by Gasteiger charge is 2.04. The second kappa shape index (κ2) is 6.90. The molecule has 19 heavy (non-hydrogen) atoms. The van der Waals surface area contributed by atoms with Crippen LogP contribution in [-0.4, -0.2) is 11.5 Å². The van der Waals surface area contributed by atoms with Gasteiger partial charge in [-0.15, -0.1) is 0 Å². The van der Waals surface area contributed by atoms with Gasteiger partial charge in [0.05, 0.1) is 6.20 Å². The van der Waals surface area contributed by atoms with Gasteiger partial charge in [-0.1, -0.05) is 25.1 Å². The Labute approximate surface area is 114 Å². The molecule has 0 fully saturated rings. The Morgan fingerprint density at radius 1 is 1.16 bits per heavy atom. The molecule has 1 N–H and O–H groups in total. The second-order valence-corrected chi connectivity index (χ2v) is 4.52. The van der Waals surface area contributed by atoms with Crippen LogP contribution in [0, 0.1) is 6.92 Å². The van der Waals surface area contributed by atoms with Gasteiger partial charge in [-0.3, -0.25) is 4.98 Å². The zero-order valence-electron chi connectivity index (χ0n) is 11.5. The Hall–Kier alpha value is -1.87. The Morgan fingerprint density at radius 3 is 2.74 bits per heavy atom. The fraction of sp³-hybridized carbons (Fsp3) is 0.312. The van der Waals surface area contributed by atoms with E-state index in [-0.39, 0.29) is 0 Å². The van der Waals surface area contributed by atoms with Crippen LogP contribution in [-0.2, 0) is 6.54 Å². The average molecular weight is 256 g/mol. The van der Waals surface area contributed by atoms with Crippen LogP contribution in [0.3, 0.4) is 0 Å². The zero-order chi connectivity index (χ0) is 13.5. The first-order valence-corrected chi connectivity index (χ1v) is 6.68. The smallest absolute Gasteiger partial charge is 0.145 e. The highest BCUT2D eigenvalue weighted by atomic mass is 16.5. The summed E-state index contributed by atoms with van der Waals surface area (Å²) in [7, 11) is 0. The number of benzene rings is 1. The summed E-state index contributed by atoms with van der Waals surface area (Å²) in [4.78, 5) is 4.24. The van der Waals surface area contributed by atoms with Crippen molar-refractivity contribution < 1.29 is 4.74 Å². The maximum atomic E-state index is 5.89. The van der Waals surface area contributed by atoms with Gasteiger partial charge in [0, 0.05) is 17.8 Å². The molecule has 0 aliphatic heterocycles. The van der Waals surface area contributed by atoms with Crippen LogP contribution in [0.25, 0.3) is 0 Å². The molecule has 0 aliphatic rings. The molecule has 0 spiro atoms. The molecule has 1 heterocycles. The normalized spacial score (nSPS) is 10.4.